The number of nitriles is 1. The highest BCUT2D eigenvalue weighted by Crippen LogP contribution is 2.17. The Bertz CT molecular complexity index is 349. The summed E-state index contributed by atoms with van der Waals surface area (Å²) in [7, 11) is 1.64. The molecule has 0 aliphatic carbocycles. The lowest BCUT2D eigenvalue weighted by molar-refractivity contribution is 0.198. The number of rotatable bonds is 5. The van der Waals surface area contributed by atoms with Gasteiger partial charge in [-0.3, -0.25) is 5.32 Å². The van der Waals surface area contributed by atoms with Gasteiger partial charge in [0.15, 0.2) is 0 Å². The van der Waals surface area contributed by atoms with Crippen LogP contribution in [0.3, 0.4) is 0 Å². The van der Waals surface area contributed by atoms with Gasteiger partial charge in [-0.1, -0.05) is 28.1 Å². The Labute approximate surface area is 98.2 Å². The molecule has 0 unspecified atom stereocenters. The van der Waals surface area contributed by atoms with Crippen LogP contribution in [0.1, 0.15) is 11.6 Å². The van der Waals surface area contributed by atoms with Gasteiger partial charge < -0.3 is 4.74 Å². The lowest BCUT2D eigenvalue weighted by Crippen LogP contribution is -2.23. The predicted octanol–water partition coefficient (Wildman–Crippen LogP) is 2.25. The molecular weight excluding hydrogens is 256 g/mol. The van der Waals surface area contributed by atoms with Crippen molar-refractivity contribution in [3.05, 3.63) is 34.3 Å². The first-order chi connectivity index (χ1) is 7.27. The topological polar surface area (TPSA) is 45.0 Å². The van der Waals surface area contributed by atoms with Crippen molar-refractivity contribution in [3.8, 4) is 6.07 Å². The number of ether oxygens (including phenoxy) is 1. The average Bonchev–Trinajstić information content (AvgIpc) is 2.24. The molecule has 0 heterocycles. The SMILES string of the molecule is COCCN[C@H](C#N)c1cccc(Br)c1. The van der Waals surface area contributed by atoms with Crippen molar-refractivity contribution >= 4 is 15.9 Å². The summed E-state index contributed by atoms with van der Waals surface area (Å²) in [6.45, 7) is 1.27. The number of benzene rings is 1. The van der Waals surface area contributed by atoms with Gasteiger partial charge in [0.05, 0.1) is 12.7 Å². The monoisotopic (exact) mass is 268 g/mol. The highest BCUT2D eigenvalue weighted by atomic mass is 79.9. The van der Waals surface area contributed by atoms with Crippen LogP contribution in [0.2, 0.25) is 0 Å². The number of nitrogens with one attached hydrogen (secondary N) is 1. The number of hydrogen-bond donors (Lipinski definition) is 1. The minimum atomic E-state index is -0.280. The van der Waals surface area contributed by atoms with Crippen molar-refractivity contribution in [2.75, 3.05) is 20.3 Å². The second-order valence-corrected chi connectivity index (χ2v) is 3.98. The normalized spacial score (nSPS) is 12.1. The van der Waals surface area contributed by atoms with E-state index in [1.807, 2.05) is 24.3 Å². The van der Waals surface area contributed by atoms with Crippen LogP contribution in [0.25, 0.3) is 0 Å². The molecule has 80 valence electrons. The number of nitrogens with zero attached hydrogens (tertiary/aromatic N) is 1. The maximum absolute atomic E-state index is 9.00. The van der Waals surface area contributed by atoms with Crippen molar-refractivity contribution in [3.63, 3.8) is 0 Å². The van der Waals surface area contributed by atoms with Crippen LogP contribution >= 0.6 is 15.9 Å². The quantitative estimate of drug-likeness (QED) is 0.834. The van der Waals surface area contributed by atoms with Crippen molar-refractivity contribution in [1.29, 1.82) is 5.26 Å². The minimum Gasteiger partial charge on any atom is -0.383 e. The number of hydrogen-bond acceptors (Lipinski definition) is 3. The number of halogens is 1. The van der Waals surface area contributed by atoms with Gasteiger partial charge in [-0.05, 0) is 17.7 Å². The molecule has 0 saturated carbocycles. The van der Waals surface area contributed by atoms with E-state index in [1.165, 1.54) is 0 Å². The van der Waals surface area contributed by atoms with Crippen LogP contribution < -0.4 is 5.32 Å². The van der Waals surface area contributed by atoms with Crippen molar-refractivity contribution in [2.45, 2.75) is 6.04 Å². The fraction of sp³-hybridized carbons (Fsp3) is 0.364. The van der Waals surface area contributed by atoms with Crippen LogP contribution in [0.4, 0.5) is 0 Å². The first-order valence-corrected chi connectivity index (χ1v) is 5.44. The number of methoxy groups -OCH3 is 1. The van der Waals surface area contributed by atoms with Crippen LogP contribution in [0.5, 0.6) is 0 Å². The zero-order valence-electron chi connectivity index (χ0n) is 8.53. The van der Waals surface area contributed by atoms with Crippen molar-refractivity contribution in [2.24, 2.45) is 0 Å². The van der Waals surface area contributed by atoms with Gasteiger partial charge in [-0.2, -0.15) is 5.26 Å². The van der Waals surface area contributed by atoms with E-state index in [0.717, 1.165) is 10.0 Å². The average molecular weight is 269 g/mol. The maximum Gasteiger partial charge on any atom is 0.121 e. The summed E-state index contributed by atoms with van der Waals surface area (Å²) in [6.07, 6.45) is 0. The molecule has 0 fully saturated rings. The second-order valence-electron chi connectivity index (χ2n) is 3.06. The fourth-order valence-electron chi connectivity index (χ4n) is 1.23. The third-order valence-corrected chi connectivity index (χ3v) is 2.46. The van der Waals surface area contributed by atoms with Gasteiger partial charge in [0, 0.05) is 18.1 Å². The van der Waals surface area contributed by atoms with E-state index in [1.54, 1.807) is 7.11 Å². The Morgan fingerprint density at radius 2 is 2.40 bits per heavy atom. The first kappa shape index (κ1) is 12.2. The molecule has 0 saturated heterocycles. The molecule has 0 aliphatic rings. The second kappa shape index (κ2) is 6.57. The lowest BCUT2D eigenvalue weighted by atomic mass is 10.1. The molecule has 1 N–H and O–H groups in total. The van der Waals surface area contributed by atoms with Gasteiger partial charge in [0.1, 0.15) is 6.04 Å². The smallest absolute Gasteiger partial charge is 0.121 e. The third kappa shape index (κ3) is 4.00. The molecule has 15 heavy (non-hydrogen) atoms. The Balaban J connectivity index is 2.63. The van der Waals surface area contributed by atoms with Gasteiger partial charge in [-0.15, -0.1) is 0 Å². The summed E-state index contributed by atoms with van der Waals surface area (Å²) >= 11 is 3.38. The molecule has 0 radical (unpaired) electrons. The van der Waals surface area contributed by atoms with Crippen molar-refractivity contribution < 1.29 is 4.74 Å². The summed E-state index contributed by atoms with van der Waals surface area (Å²) in [5.74, 6) is 0. The van der Waals surface area contributed by atoms with Gasteiger partial charge >= 0.3 is 0 Å². The molecule has 1 aromatic carbocycles. The molecule has 0 aromatic heterocycles. The molecule has 1 atom stereocenters. The minimum absolute atomic E-state index is 0.280. The van der Waals surface area contributed by atoms with Crippen molar-refractivity contribution in [1.82, 2.24) is 5.32 Å². The highest BCUT2D eigenvalue weighted by molar-refractivity contribution is 9.10. The summed E-state index contributed by atoms with van der Waals surface area (Å²) in [4.78, 5) is 0. The van der Waals surface area contributed by atoms with Gasteiger partial charge in [0.2, 0.25) is 0 Å². The molecule has 0 aliphatic heterocycles. The Morgan fingerprint density at radius 1 is 1.60 bits per heavy atom. The van der Waals surface area contributed by atoms with Crippen LogP contribution in [0.15, 0.2) is 28.7 Å². The molecular formula is C11H13BrN2O. The molecule has 0 bridgehead atoms. The molecule has 1 rings (SSSR count). The molecule has 1 aromatic rings. The highest BCUT2D eigenvalue weighted by Gasteiger charge is 2.08. The van der Waals surface area contributed by atoms with E-state index in [4.69, 9.17) is 10.00 Å². The van der Waals surface area contributed by atoms with Gasteiger partial charge in [-0.25, -0.2) is 0 Å². The molecule has 4 heteroatoms. The van der Waals surface area contributed by atoms with E-state index >= 15 is 0 Å². The largest absolute Gasteiger partial charge is 0.383 e. The molecule has 0 spiro atoms. The van der Waals surface area contributed by atoms with E-state index in [0.29, 0.717) is 13.2 Å². The molecule has 3 nitrogen and oxygen atoms in total. The Hall–Kier alpha value is -0.890. The standard InChI is InChI=1S/C11H13BrN2O/c1-15-6-5-14-11(8-13)9-3-2-4-10(12)7-9/h2-4,7,11,14H,5-6H2,1H3/t11-/m1/s1. The Morgan fingerprint density at radius 3 is 3.00 bits per heavy atom. The summed E-state index contributed by atoms with van der Waals surface area (Å²) in [6, 6.07) is 9.66. The first-order valence-electron chi connectivity index (χ1n) is 4.65. The zero-order valence-corrected chi connectivity index (χ0v) is 10.1. The Kier molecular flexibility index (Phi) is 5.33. The zero-order chi connectivity index (χ0) is 11.1. The van der Waals surface area contributed by atoms with Crippen LogP contribution in [-0.2, 0) is 4.74 Å². The molecule has 0 amide bonds. The van der Waals surface area contributed by atoms with E-state index in [9.17, 15) is 0 Å². The lowest BCUT2D eigenvalue weighted by Gasteiger charge is -2.11. The van der Waals surface area contributed by atoms with E-state index in [-0.39, 0.29) is 6.04 Å². The van der Waals surface area contributed by atoms with E-state index < -0.39 is 0 Å². The summed E-state index contributed by atoms with van der Waals surface area (Å²) in [5, 5.41) is 12.1. The predicted molar refractivity (Wildman–Crippen MR) is 62.4 cm³/mol. The van der Waals surface area contributed by atoms with E-state index in [2.05, 4.69) is 27.3 Å². The fourth-order valence-corrected chi connectivity index (χ4v) is 1.65. The maximum atomic E-state index is 9.00. The third-order valence-electron chi connectivity index (χ3n) is 1.97. The summed E-state index contributed by atoms with van der Waals surface area (Å²) in [5.41, 5.74) is 0.961. The van der Waals surface area contributed by atoms with Gasteiger partial charge in [0.25, 0.3) is 0 Å². The summed E-state index contributed by atoms with van der Waals surface area (Å²) < 4.78 is 5.90. The van der Waals surface area contributed by atoms with Crippen LogP contribution in [0, 0.1) is 11.3 Å². The van der Waals surface area contributed by atoms with Crippen LogP contribution in [-0.4, -0.2) is 20.3 Å².